The van der Waals surface area contributed by atoms with Crippen molar-refractivity contribution in [2.45, 2.75) is 12.8 Å². The molecule has 0 aromatic heterocycles. The van der Waals surface area contributed by atoms with Gasteiger partial charge in [-0.2, -0.15) is 0 Å². The largest absolute Gasteiger partial charge is 0.508 e. The summed E-state index contributed by atoms with van der Waals surface area (Å²) in [5.41, 5.74) is 1.09. The van der Waals surface area contributed by atoms with E-state index in [1.807, 2.05) is 0 Å². The average molecular weight is 196 g/mol. The summed E-state index contributed by atoms with van der Waals surface area (Å²) in [4.78, 5) is 10.7. The lowest BCUT2D eigenvalue weighted by atomic mass is 9.98. The van der Waals surface area contributed by atoms with Gasteiger partial charge in [0.2, 0.25) is 0 Å². The van der Waals surface area contributed by atoms with Crippen molar-refractivity contribution in [3.63, 3.8) is 0 Å². The van der Waals surface area contributed by atoms with Crippen LogP contribution in [-0.4, -0.2) is 27.9 Å². The number of hydrogen-bond donors (Lipinski definition) is 3. The Balaban J connectivity index is 3.06. The summed E-state index contributed by atoms with van der Waals surface area (Å²) in [6.45, 7) is 1.23. The second kappa shape index (κ2) is 4.11. The van der Waals surface area contributed by atoms with Gasteiger partial charge in [0.15, 0.2) is 0 Å². The van der Waals surface area contributed by atoms with E-state index in [0.29, 0.717) is 11.1 Å². The topological polar surface area (TPSA) is 77.8 Å². The molecule has 0 aliphatic rings. The Morgan fingerprint density at radius 2 is 2.14 bits per heavy atom. The summed E-state index contributed by atoms with van der Waals surface area (Å²) >= 11 is 0. The van der Waals surface area contributed by atoms with Crippen LogP contribution in [0.25, 0.3) is 0 Å². The summed E-state index contributed by atoms with van der Waals surface area (Å²) in [5.74, 6) is -1.87. The second-order valence-corrected chi connectivity index (χ2v) is 3.12. The van der Waals surface area contributed by atoms with Gasteiger partial charge in [-0.05, 0) is 24.1 Å². The maximum absolute atomic E-state index is 10.7. The fourth-order valence-electron chi connectivity index (χ4n) is 1.22. The van der Waals surface area contributed by atoms with Gasteiger partial charge in [-0.3, -0.25) is 4.79 Å². The zero-order valence-corrected chi connectivity index (χ0v) is 7.77. The quantitative estimate of drug-likeness (QED) is 0.670. The Bertz CT molecular complexity index is 346. The summed E-state index contributed by atoms with van der Waals surface area (Å²) < 4.78 is 0. The molecule has 0 fully saturated rings. The van der Waals surface area contributed by atoms with Crippen molar-refractivity contribution in [1.82, 2.24) is 0 Å². The first kappa shape index (κ1) is 10.5. The number of aryl methyl sites for hydroxylation is 1. The number of carboxylic acid groups (broad SMARTS) is 1. The molecule has 1 atom stereocenters. The van der Waals surface area contributed by atoms with Crippen LogP contribution in [0, 0.1) is 6.92 Å². The predicted molar refractivity (Wildman–Crippen MR) is 50.3 cm³/mol. The van der Waals surface area contributed by atoms with E-state index in [1.54, 1.807) is 13.0 Å². The molecule has 0 heterocycles. The number of aromatic hydroxyl groups is 1. The van der Waals surface area contributed by atoms with Crippen LogP contribution in [0.5, 0.6) is 5.75 Å². The number of rotatable bonds is 3. The lowest BCUT2D eigenvalue weighted by molar-refractivity contribution is -0.139. The van der Waals surface area contributed by atoms with Gasteiger partial charge in [-0.15, -0.1) is 0 Å². The van der Waals surface area contributed by atoms with Gasteiger partial charge in [-0.25, -0.2) is 0 Å². The number of aliphatic carboxylic acids is 1. The molecule has 0 spiro atoms. The molecule has 0 amide bonds. The number of phenolic OH excluding ortho intramolecular Hbond substituents is 1. The monoisotopic (exact) mass is 196 g/mol. The smallest absolute Gasteiger partial charge is 0.313 e. The molecule has 0 saturated heterocycles. The van der Waals surface area contributed by atoms with Crippen molar-refractivity contribution >= 4 is 5.97 Å². The Kier molecular flexibility index (Phi) is 3.09. The molecule has 14 heavy (non-hydrogen) atoms. The van der Waals surface area contributed by atoms with Crippen LogP contribution in [0.15, 0.2) is 18.2 Å². The molecule has 1 unspecified atom stereocenters. The van der Waals surface area contributed by atoms with Gasteiger partial charge in [-0.1, -0.05) is 12.1 Å². The number of aliphatic hydroxyl groups excluding tert-OH is 1. The Morgan fingerprint density at radius 1 is 1.50 bits per heavy atom. The predicted octanol–water partition coefficient (Wildman–Crippen LogP) is 0.861. The average Bonchev–Trinajstić information content (AvgIpc) is 2.11. The standard InChI is InChI=1S/C10H12O4/c1-6-4-7(2-3-9(6)12)8(5-11)10(13)14/h2-4,8,11-12H,5H2,1H3,(H,13,14). The zero-order chi connectivity index (χ0) is 10.7. The molecule has 0 aliphatic heterocycles. The highest BCUT2D eigenvalue weighted by Crippen LogP contribution is 2.22. The SMILES string of the molecule is Cc1cc(C(CO)C(=O)O)ccc1O. The lowest BCUT2D eigenvalue weighted by Crippen LogP contribution is -2.15. The number of carbonyl (C=O) groups is 1. The third-order valence-corrected chi connectivity index (χ3v) is 2.10. The minimum absolute atomic E-state index is 0.121. The maximum atomic E-state index is 10.7. The normalized spacial score (nSPS) is 12.4. The number of benzene rings is 1. The first-order valence-corrected chi connectivity index (χ1v) is 4.19. The Morgan fingerprint density at radius 3 is 2.57 bits per heavy atom. The number of carboxylic acids is 1. The molecule has 76 valence electrons. The molecule has 0 saturated carbocycles. The van der Waals surface area contributed by atoms with E-state index in [4.69, 9.17) is 10.2 Å². The van der Waals surface area contributed by atoms with E-state index in [2.05, 4.69) is 0 Å². The third kappa shape index (κ3) is 2.03. The highest BCUT2D eigenvalue weighted by atomic mass is 16.4. The molecule has 0 bridgehead atoms. The lowest BCUT2D eigenvalue weighted by Gasteiger charge is -2.10. The van der Waals surface area contributed by atoms with E-state index < -0.39 is 18.5 Å². The molecule has 1 aromatic carbocycles. The summed E-state index contributed by atoms with van der Waals surface area (Å²) in [6, 6.07) is 4.48. The number of aliphatic hydroxyl groups is 1. The first-order valence-electron chi connectivity index (χ1n) is 4.19. The van der Waals surface area contributed by atoms with Gasteiger partial charge >= 0.3 is 5.97 Å². The molecule has 4 heteroatoms. The van der Waals surface area contributed by atoms with Gasteiger partial charge in [0.05, 0.1) is 6.61 Å². The Hall–Kier alpha value is -1.55. The van der Waals surface area contributed by atoms with Gasteiger partial charge in [0, 0.05) is 0 Å². The van der Waals surface area contributed by atoms with Crippen LogP contribution >= 0.6 is 0 Å². The minimum atomic E-state index is -1.07. The van der Waals surface area contributed by atoms with Crippen LogP contribution in [0.2, 0.25) is 0 Å². The number of hydrogen-bond acceptors (Lipinski definition) is 3. The highest BCUT2D eigenvalue weighted by molar-refractivity contribution is 5.76. The molecule has 1 rings (SSSR count). The summed E-state index contributed by atoms with van der Waals surface area (Å²) in [7, 11) is 0. The molecule has 3 N–H and O–H groups in total. The van der Waals surface area contributed by atoms with Crippen LogP contribution in [-0.2, 0) is 4.79 Å². The zero-order valence-electron chi connectivity index (χ0n) is 7.77. The molecule has 1 aromatic rings. The van der Waals surface area contributed by atoms with E-state index in [1.165, 1.54) is 12.1 Å². The van der Waals surface area contributed by atoms with Crippen LogP contribution < -0.4 is 0 Å². The molecule has 0 radical (unpaired) electrons. The second-order valence-electron chi connectivity index (χ2n) is 3.12. The van der Waals surface area contributed by atoms with Crippen molar-refractivity contribution in [2.24, 2.45) is 0 Å². The van der Waals surface area contributed by atoms with Crippen LogP contribution in [0.4, 0.5) is 0 Å². The summed E-state index contributed by atoms with van der Waals surface area (Å²) in [6.07, 6.45) is 0. The third-order valence-electron chi connectivity index (χ3n) is 2.10. The van der Waals surface area contributed by atoms with Gasteiger partial charge < -0.3 is 15.3 Å². The molecular weight excluding hydrogens is 184 g/mol. The molecular formula is C10H12O4. The van der Waals surface area contributed by atoms with E-state index in [0.717, 1.165) is 0 Å². The van der Waals surface area contributed by atoms with Crippen molar-refractivity contribution in [3.8, 4) is 5.75 Å². The Labute approximate surface area is 81.4 Å². The molecule has 0 aliphatic carbocycles. The number of phenols is 1. The van der Waals surface area contributed by atoms with Crippen molar-refractivity contribution < 1.29 is 20.1 Å². The van der Waals surface area contributed by atoms with Crippen LogP contribution in [0.3, 0.4) is 0 Å². The van der Waals surface area contributed by atoms with Crippen molar-refractivity contribution in [1.29, 1.82) is 0 Å². The maximum Gasteiger partial charge on any atom is 0.313 e. The van der Waals surface area contributed by atoms with Crippen molar-refractivity contribution in [3.05, 3.63) is 29.3 Å². The summed E-state index contributed by atoms with van der Waals surface area (Å²) in [5, 5.41) is 26.9. The van der Waals surface area contributed by atoms with E-state index in [9.17, 15) is 9.90 Å². The fourth-order valence-corrected chi connectivity index (χ4v) is 1.22. The van der Waals surface area contributed by atoms with Crippen molar-refractivity contribution in [2.75, 3.05) is 6.61 Å². The van der Waals surface area contributed by atoms with E-state index in [-0.39, 0.29) is 5.75 Å². The first-order chi connectivity index (χ1) is 6.56. The fraction of sp³-hybridized carbons (Fsp3) is 0.300. The molecule has 4 nitrogen and oxygen atoms in total. The minimum Gasteiger partial charge on any atom is -0.508 e. The highest BCUT2D eigenvalue weighted by Gasteiger charge is 2.18. The van der Waals surface area contributed by atoms with Gasteiger partial charge in [0.25, 0.3) is 0 Å². The van der Waals surface area contributed by atoms with E-state index >= 15 is 0 Å². The van der Waals surface area contributed by atoms with Gasteiger partial charge in [0.1, 0.15) is 11.7 Å². The van der Waals surface area contributed by atoms with Crippen LogP contribution in [0.1, 0.15) is 17.0 Å².